The first-order chi connectivity index (χ1) is 19.1. The Morgan fingerprint density at radius 1 is 0.872 bits per heavy atom. The van der Waals surface area contributed by atoms with Crippen molar-refractivity contribution in [1.82, 2.24) is 4.98 Å². The molecule has 1 saturated carbocycles. The predicted octanol–water partition coefficient (Wildman–Crippen LogP) is 7.54. The summed E-state index contributed by atoms with van der Waals surface area (Å²) in [5.41, 5.74) is 4.29. The van der Waals surface area contributed by atoms with E-state index < -0.39 is 0 Å². The standard InChI is InChI=1S/C33H34N2O4/c1-23(36)35-27-10-14-30(15-11-27)38-29-12-7-25(8-13-29)31(21-24-17-19-34-20-18-24)26-9-16-32(37-2)33(22-26)39-28-5-3-4-6-28/h7-20,22,28,31H,3-6,21H2,1-2H3,(H,35,36). The molecule has 1 fully saturated rings. The smallest absolute Gasteiger partial charge is 0.221 e. The van der Waals surface area contributed by atoms with Crippen LogP contribution >= 0.6 is 0 Å². The summed E-state index contributed by atoms with van der Waals surface area (Å²) >= 11 is 0. The van der Waals surface area contributed by atoms with Gasteiger partial charge in [0.05, 0.1) is 13.2 Å². The highest BCUT2D eigenvalue weighted by Crippen LogP contribution is 2.38. The fourth-order valence-corrected chi connectivity index (χ4v) is 5.08. The quantitative estimate of drug-likeness (QED) is 0.233. The fraction of sp³-hybridized carbons (Fsp3) is 0.273. The second-order valence-corrected chi connectivity index (χ2v) is 9.92. The molecule has 0 saturated heterocycles. The van der Waals surface area contributed by atoms with E-state index in [1.165, 1.54) is 36.5 Å². The van der Waals surface area contributed by atoms with Gasteiger partial charge in [0, 0.05) is 30.9 Å². The van der Waals surface area contributed by atoms with Gasteiger partial charge in [0.1, 0.15) is 11.5 Å². The molecule has 200 valence electrons. The lowest BCUT2D eigenvalue weighted by molar-refractivity contribution is -0.114. The van der Waals surface area contributed by atoms with Crippen molar-refractivity contribution in [2.75, 3.05) is 12.4 Å². The number of nitrogens with zero attached hydrogens (tertiary/aromatic N) is 1. The van der Waals surface area contributed by atoms with Crippen LogP contribution in [0.25, 0.3) is 0 Å². The van der Waals surface area contributed by atoms with E-state index in [0.717, 1.165) is 42.2 Å². The van der Waals surface area contributed by atoms with Gasteiger partial charge in [-0.15, -0.1) is 0 Å². The highest BCUT2D eigenvalue weighted by Gasteiger charge is 2.21. The van der Waals surface area contributed by atoms with Crippen molar-refractivity contribution in [2.24, 2.45) is 0 Å². The molecule has 1 amide bonds. The molecule has 1 N–H and O–H groups in total. The van der Waals surface area contributed by atoms with Crippen LogP contribution in [0.3, 0.4) is 0 Å². The summed E-state index contributed by atoms with van der Waals surface area (Å²) in [5, 5.41) is 2.77. The van der Waals surface area contributed by atoms with Crippen molar-refractivity contribution in [3.8, 4) is 23.0 Å². The number of carbonyl (C=O) groups excluding carboxylic acids is 1. The molecule has 3 aromatic carbocycles. The first-order valence-corrected chi connectivity index (χ1v) is 13.5. The summed E-state index contributed by atoms with van der Waals surface area (Å²) < 4.78 is 18.1. The van der Waals surface area contributed by atoms with E-state index in [1.54, 1.807) is 7.11 Å². The summed E-state index contributed by atoms with van der Waals surface area (Å²) in [6, 6.07) is 26.0. The van der Waals surface area contributed by atoms with E-state index in [0.29, 0.717) is 5.75 Å². The molecule has 6 heteroatoms. The second kappa shape index (κ2) is 12.5. The maximum atomic E-state index is 11.3. The minimum absolute atomic E-state index is 0.102. The minimum Gasteiger partial charge on any atom is -0.493 e. The zero-order valence-electron chi connectivity index (χ0n) is 22.4. The molecule has 1 unspecified atom stereocenters. The largest absolute Gasteiger partial charge is 0.493 e. The molecule has 1 aromatic heterocycles. The number of carbonyl (C=O) groups is 1. The number of benzene rings is 3. The third-order valence-electron chi connectivity index (χ3n) is 7.07. The number of anilines is 1. The summed E-state index contributed by atoms with van der Waals surface area (Å²) in [4.78, 5) is 15.5. The molecule has 1 aliphatic carbocycles. The van der Waals surface area contributed by atoms with E-state index in [-0.39, 0.29) is 17.9 Å². The lowest BCUT2D eigenvalue weighted by atomic mass is 9.86. The van der Waals surface area contributed by atoms with Crippen LogP contribution in [0.5, 0.6) is 23.0 Å². The van der Waals surface area contributed by atoms with Gasteiger partial charge in [0.25, 0.3) is 0 Å². The molecule has 4 aromatic rings. The Balaban J connectivity index is 1.39. The van der Waals surface area contributed by atoms with Gasteiger partial charge >= 0.3 is 0 Å². The molecule has 0 radical (unpaired) electrons. The van der Waals surface area contributed by atoms with Gasteiger partial charge < -0.3 is 19.5 Å². The van der Waals surface area contributed by atoms with Crippen LogP contribution in [0.4, 0.5) is 5.69 Å². The van der Waals surface area contributed by atoms with Crippen LogP contribution in [-0.4, -0.2) is 24.1 Å². The molecule has 39 heavy (non-hydrogen) atoms. The van der Waals surface area contributed by atoms with Crippen LogP contribution in [0.2, 0.25) is 0 Å². The average Bonchev–Trinajstić information content (AvgIpc) is 3.47. The number of amides is 1. The summed E-state index contributed by atoms with van der Waals surface area (Å²) in [7, 11) is 1.69. The zero-order chi connectivity index (χ0) is 27.0. The van der Waals surface area contributed by atoms with Gasteiger partial charge in [-0.25, -0.2) is 0 Å². The van der Waals surface area contributed by atoms with Crippen LogP contribution in [0, 0.1) is 0 Å². The molecule has 5 rings (SSSR count). The Bertz CT molecular complexity index is 1370. The SMILES string of the molecule is COc1ccc(C(Cc2ccncc2)c2ccc(Oc3ccc(NC(C)=O)cc3)cc2)cc1OC1CCCC1. The molecule has 0 spiro atoms. The minimum atomic E-state index is -0.102. The monoisotopic (exact) mass is 522 g/mol. The molecule has 6 nitrogen and oxygen atoms in total. The zero-order valence-corrected chi connectivity index (χ0v) is 22.4. The molecule has 0 bridgehead atoms. The van der Waals surface area contributed by atoms with Crippen molar-refractivity contribution in [2.45, 2.75) is 51.0 Å². The number of nitrogens with one attached hydrogen (secondary N) is 1. The maximum Gasteiger partial charge on any atom is 0.221 e. The van der Waals surface area contributed by atoms with E-state index in [1.807, 2.05) is 54.9 Å². The van der Waals surface area contributed by atoms with Crippen LogP contribution in [0.15, 0.2) is 91.3 Å². The number of pyridine rings is 1. The summed E-state index contributed by atoms with van der Waals surface area (Å²) in [6.07, 6.45) is 9.35. The molecule has 1 atom stereocenters. The lowest BCUT2D eigenvalue weighted by Crippen LogP contribution is -2.12. The van der Waals surface area contributed by atoms with Crippen molar-refractivity contribution in [3.63, 3.8) is 0 Å². The van der Waals surface area contributed by atoms with Crippen molar-refractivity contribution >= 4 is 11.6 Å². The van der Waals surface area contributed by atoms with Crippen molar-refractivity contribution in [3.05, 3.63) is 108 Å². The van der Waals surface area contributed by atoms with Gasteiger partial charge in [-0.3, -0.25) is 9.78 Å². The first kappa shape index (κ1) is 26.3. The maximum absolute atomic E-state index is 11.3. The highest BCUT2D eigenvalue weighted by molar-refractivity contribution is 5.88. The summed E-state index contributed by atoms with van der Waals surface area (Å²) in [6.45, 7) is 1.49. The predicted molar refractivity (Wildman–Crippen MR) is 153 cm³/mol. The van der Waals surface area contributed by atoms with Crippen LogP contribution in [-0.2, 0) is 11.2 Å². The highest BCUT2D eigenvalue weighted by atomic mass is 16.5. The second-order valence-electron chi connectivity index (χ2n) is 9.92. The number of ether oxygens (including phenoxy) is 3. The first-order valence-electron chi connectivity index (χ1n) is 13.5. The van der Waals surface area contributed by atoms with E-state index in [9.17, 15) is 4.79 Å². The van der Waals surface area contributed by atoms with Gasteiger partial charge in [0.2, 0.25) is 5.91 Å². The van der Waals surface area contributed by atoms with Crippen LogP contribution < -0.4 is 19.5 Å². The van der Waals surface area contributed by atoms with E-state index >= 15 is 0 Å². The summed E-state index contributed by atoms with van der Waals surface area (Å²) in [5.74, 6) is 3.03. The number of rotatable bonds is 10. The third-order valence-corrected chi connectivity index (χ3v) is 7.07. The van der Waals surface area contributed by atoms with E-state index in [4.69, 9.17) is 14.2 Å². The molecular formula is C33H34N2O4. The molecule has 1 aliphatic rings. The topological polar surface area (TPSA) is 69.7 Å². The average molecular weight is 523 g/mol. The Hall–Kier alpha value is -4.32. The van der Waals surface area contributed by atoms with E-state index in [2.05, 4.69) is 46.7 Å². The Morgan fingerprint density at radius 2 is 1.51 bits per heavy atom. The van der Waals surface area contributed by atoms with Crippen molar-refractivity contribution < 1.29 is 19.0 Å². The molecule has 0 aliphatic heterocycles. The van der Waals surface area contributed by atoms with Gasteiger partial charge in [0.15, 0.2) is 11.5 Å². The number of hydrogen-bond acceptors (Lipinski definition) is 5. The lowest BCUT2D eigenvalue weighted by Gasteiger charge is -2.22. The Kier molecular flexibility index (Phi) is 8.42. The third kappa shape index (κ3) is 6.96. The van der Waals surface area contributed by atoms with Gasteiger partial charge in [-0.2, -0.15) is 0 Å². The number of methoxy groups -OCH3 is 1. The number of aromatic nitrogens is 1. The number of hydrogen-bond donors (Lipinski definition) is 1. The molecule has 1 heterocycles. The molecular weight excluding hydrogens is 488 g/mol. The van der Waals surface area contributed by atoms with Gasteiger partial charge in [-0.1, -0.05) is 18.2 Å². The van der Waals surface area contributed by atoms with Gasteiger partial charge in [-0.05, 0) is 109 Å². The fourth-order valence-electron chi connectivity index (χ4n) is 5.08. The Morgan fingerprint density at radius 3 is 2.15 bits per heavy atom. The van der Waals surface area contributed by atoms with Crippen molar-refractivity contribution in [1.29, 1.82) is 0 Å². The van der Waals surface area contributed by atoms with Crippen LogP contribution in [0.1, 0.15) is 55.2 Å². The normalized spacial score (nSPS) is 14.0. The Labute approximate surface area is 230 Å².